The van der Waals surface area contributed by atoms with Gasteiger partial charge in [-0.2, -0.15) is 18.3 Å². The number of nitrogen functional groups attached to an aromatic ring is 1. The van der Waals surface area contributed by atoms with Crippen molar-refractivity contribution >= 4 is 11.5 Å². The molecule has 6 nitrogen and oxygen atoms in total. The van der Waals surface area contributed by atoms with Crippen LogP contribution < -0.4 is 5.73 Å². The molecule has 0 amide bonds. The van der Waals surface area contributed by atoms with Crippen LogP contribution >= 0.6 is 0 Å². The highest BCUT2D eigenvalue weighted by Crippen LogP contribution is 2.32. The molecule has 0 aliphatic heterocycles. The van der Waals surface area contributed by atoms with Crippen LogP contribution in [0.3, 0.4) is 0 Å². The van der Waals surface area contributed by atoms with Crippen LogP contribution in [0.4, 0.5) is 29.1 Å². The predicted molar refractivity (Wildman–Crippen MR) is 63.8 cm³/mol. The normalized spacial score (nSPS) is 11.6. The molecule has 2 N–H and O–H groups in total. The SMILES string of the molecule is Nc1c([N+](=O)[O-])cnn1Cc1ccc(F)c(C(F)(F)F)c1. The Labute approximate surface area is 114 Å². The summed E-state index contributed by atoms with van der Waals surface area (Å²) < 4.78 is 51.8. The molecular formula is C11H8F4N4O2. The Morgan fingerprint density at radius 3 is 2.57 bits per heavy atom. The lowest BCUT2D eigenvalue weighted by molar-refractivity contribution is -0.384. The van der Waals surface area contributed by atoms with Gasteiger partial charge in [0.2, 0.25) is 5.82 Å². The van der Waals surface area contributed by atoms with Crippen LogP contribution in [0.1, 0.15) is 11.1 Å². The first-order valence-electron chi connectivity index (χ1n) is 5.51. The van der Waals surface area contributed by atoms with Gasteiger partial charge in [-0.25, -0.2) is 9.07 Å². The lowest BCUT2D eigenvalue weighted by Crippen LogP contribution is -2.11. The van der Waals surface area contributed by atoms with Gasteiger partial charge in [-0.1, -0.05) is 6.07 Å². The smallest absolute Gasteiger partial charge is 0.378 e. The second kappa shape index (κ2) is 5.04. The first kappa shape index (κ1) is 14.8. The summed E-state index contributed by atoms with van der Waals surface area (Å²) in [6.07, 6.45) is -3.94. The molecule has 0 bridgehead atoms. The van der Waals surface area contributed by atoms with E-state index in [-0.39, 0.29) is 17.9 Å². The van der Waals surface area contributed by atoms with E-state index in [1.54, 1.807) is 0 Å². The zero-order valence-corrected chi connectivity index (χ0v) is 10.3. The second-order valence-corrected chi connectivity index (χ2v) is 4.14. The molecule has 2 aromatic rings. The minimum atomic E-state index is -4.83. The Hall–Kier alpha value is -2.65. The van der Waals surface area contributed by atoms with Crippen molar-refractivity contribution < 1.29 is 22.5 Å². The van der Waals surface area contributed by atoms with Crippen molar-refractivity contribution in [2.75, 3.05) is 5.73 Å². The van der Waals surface area contributed by atoms with Gasteiger partial charge in [0.05, 0.1) is 17.0 Å². The Kier molecular flexibility index (Phi) is 3.54. The summed E-state index contributed by atoms with van der Waals surface area (Å²) in [6, 6.07) is 2.41. The molecule has 112 valence electrons. The zero-order valence-electron chi connectivity index (χ0n) is 10.3. The van der Waals surface area contributed by atoms with Crippen LogP contribution in [-0.2, 0) is 12.7 Å². The second-order valence-electron chi connectivity index (χ2n) is 4.14. The molecule has 0 saturated carbocycles. The van der Waals surface area contributed by atoms with Crippen molar-refractivity contribution in [1.29, 1.82) is 0 Å². The minimum Gasteiger partial charge on any atom is -0.378 e. The third-order valence-electron chi connectivity index (χ3n) is 2.73. The summed E-state index contributed by atoms with van der Waals surface area (Å²) in [5, 5.41) is 14.2. The van der Waals surface area contributed by atoms with Gasteiger partial charge in [0.1, 0.15) is 12.0 Å². The van der Waals surface area contributed by atoms with Gasteiger partial charge in [0.15, 0.2) is 0 Å². The maximum atomic E-state index is 13.1. The molecule has 0 unspecified atom stereocenters. The monoisotopic (exact) mass is 304 g/mol. The van der Waals surface area contributed by atoms with Gasteiger partial charge >= 0.3 is 11.9 Å². The number of hydrogen-bond acceptors (Lipinski definition) is 4. The molecule has 10 heteroatoms. The fourth-order valence-corrected chi connectivity index (χ4v) is 1.71. The highest BCUT2D eigenvalue weighted by Gasteiger charge is 2.34. The van der Waals surface area contributed by atoms with Gasteiger partial charge in [-0.3, -0.25) is 10.1 Å². The number of benzene rings is 1. The molecule has 1 aromatic heterocycles. The zero-order chi connectivity index (χ0) is 15.8. The Bertz CT molecular complexity index is 696. The molecule has 1 heterocycles. The molecular weight excluding hydrogens is 296 g/mol. The van der Waals surface area contributed by atoms with Crippen molar-refractivity contribution in [1.82, 2.24) is 9.78 Å². The van der Waals surface area contributed by atoms with E-state index in [0.29, 0.717) is 12.1 Å². The molecule has 0 saturated heterocycles. The lowest BCUT2D eigenvalue weighted by Gasteiger charge is -2.10. The molecule has 0 aliphatic rings. The summed E-state index contributed by atoms with van der Waals surface area (Å²) in [5.74, 6) is -1.69. The van der Waals surface area contributed by atoms with Crippen molar-refractivity contribution in [3.05, 3.63) is 51.5 Å². The summed E-state index contributed by atoms with van der Waals surface area (Å²) in [7, 11) is 0. The summed E-state index contributed by atoms with van der Waals surface area (Å²) in [4.78, 5) is 9.83. The molecule has 0 atom stereocenters. The van der Waals surface area contributed by atoms with Gasteiger partial charge in [0, 0.05) is 0 Å². The number of nitro groups is 1. The average molecular weight is 304 g/mol. The number of alkyl halides is 3. The van der Waals surface area contributed by atoms with Crippen molar-refractivity contribution in [2.45, 2.75) is 12.7 Å². The lowest BCUT2D eigenvalue weighted by atomic mass is 10.1. The van der Waals surface area contributed by atoms with Crippen LogP contribution in [0.5, 0.6) is 0 Å². The van der Waals surface area contributed by atoms with Crippen LogP contribution in [0.25, 0.3) is 0 Å². The Morgan fingerprint density at radius 2 is 2.05 bits per heavy atom. The van der Waals surface area contributed by atoms with E-state index in [9.17, 15) is 27.7 Å². The summed E-state index contributed by atoms with van der Waals surface area (Å²) in [5.41, 5.74) is 3.66. The standard InChI is InChI=1S/C11H8F4N4O2/c12-8-2-1-6(3-7(8)11(13,14)15)5-18-10(16)9(4-17-18)19(20)21/h1-4H,5,16H2. The molecule has 0 radical (unpaired) electrons. The topological polar surface area (TPSA) is 87.0 Å². The number of rotatable bonds is 3. The molecule has 0 fully saturated rings. The fraction of sp³-hybridized carbons (Fsp3) is 0.182. The van der Waals surface area contributed by atoms with Gasteiger partial charge < -0.3 is 5.73 Å². The molecule has 21 heavy (non-hydrogen) atoms. The first-order valence-corrected chi connectivity index (χ1v) is 5.51. The van der Waals surface area contributed by atoms with Crippen molar-refractivity contribution in [2.24, 2.45) is 0 Å². The van der Waals surface area contributed by atoms with E-state index in [0.717, 1.165) is 16.9 Å². The van der Waals surface area contributed by atoms with E-state index in [1.807, 2.05) is 0 Å². The first-order chi connectivity index (χ1) is 9.70. The van der Waals surface area contributed by atoms with E-state index in [4.69, 9.17) is 5.73 Å². The Morgan fingerprint density at radius 1 is 1.38 bits per heavy atom. The average Bonchev–Trinajstić information content (AvgIpc) is 2.72. The van der Waals surface area contributed by atoms with E-state index in [1.165, 1.54) is 0 Å². The van der Waals surface area contributed by atoms with E-state index < -0.39 is 28.2 Å². The highest BCUT2D eigenvalue weighted by atomic mass is 19.4. The molecule has 0 aliphatic carbocycles. The van der Waals surface area contributed by atoms with Gasteiger partial charge in [-0.05, 0) is 17.7 Å². The third kappa shape index (κ3) is 2.93. The predicted octanol–water partition coefficient (Wildman–Crippen LogP) is 2.58. The van der Waals surface area contributed by atoms with Crippen LogP contribution in [0.2, 0.25) is 0 Å². The van der Waals surface area contributed by atoms with Crippen LogP contribution in [0.15, 0.2) is 24.4 Å². The van der Waals surface area contributed by atoms with Crippen LogP contribution in [0, 0.1) is 15.9 Å². The maximum Gasteiger partial charge on any atom is 0.419 e. The van der Waals surface area contributed by atoms with Crippen LogP contribution in [-0.4, -0.2) is 14.7 Å². The van der Waals surface area contributed by atoms with E-state index >= 15 is 0 Å². The van der Waals surface area contributed by atoms with Crippen molar-refractivity contribution in [3.8, 4) is 0 Å². The number of aromatic nitrogens is 2. The summed E-state index contributed by atoms with van der Waals surface area (Å²) in [6.45, 7) is -0.247. The number of anilines is 1. The van der Waals surface area contributed by atoms with Crippen molar-refractivity contribution in [3.63, 3.8) is 0 Å². The largest absolute Gasteiger partial charge is 0.419 e. The number of hydrogen-bond donors (Lipinski definition) is 1. The third-order valence-corrected chi connectivity index (χ3v) is 2.73. The highest BCUT2D eigenvalue weighted by molar-refractivity contribution is 5.51. The van der Waals surface area contributed by atoms with Gasteiger partial charge in [-0.15, -0.1) is 0 Å². The molecule has 1 aromatic carbocycles. The fourth-order valence-electron chi connectivity index (χ4n) is 1.71. The molecule has 2 rings (SSSR count). The number of nitrogens with two attached hydrogens (primary N) is 1. The summed E-state index contributed by atoms with van der Waals surface area (Å²) >= 11 is 0. The number of halogens is 4. The number of nitrogens with zero attached hydrogens (tertiary/aromatic N) is 3. The Balaban J connectivity index is 2.35. The molecule has 0 spiro atoms. The minimum absolute atomic E-state index is 0.0634. The maximum absolute atomic E-state index is 13.1. The quantitative estimate of drug-likeness (QED) is 0.536. The van der Waals surface area contributed by atoms with Gasteiger partial charge in [0.25, 0.3) is 0 Å². The van der Waals surface area contributed by atoms with E-state index in [2.05, 4.69) is 5.10 Å².